The van der Waals surface area contributed by atoms with Crippen LogP contribution in [0.25, 0.3) is 0 Å². The van der Waals surface area contributed by atoms with Crippen LogP contribution in [0.4, 0.5) is 0 Å². The van der Waals surface area contributed by atoms with E-state index < -0.39 is 24.0 Å². The summed E-state index contributed by atoms with van der Waals surface area (Å²) in [6, 6.07) is 18.0. The van der Waals surface area contributed by atoms with Crippen LogP contribution in [0.15, 0.2) is 60.7 Å². The Morgan fingerprint density at radius 1 is 0.553 bits per heavy atom. The molecule has 0 bridgehead atoms. The first-order chi connectivity index (χ1) is 18.3. The standard InChI is InChI=1S/C28H38N4O6/c1-21(37-23-15-9-7-10-16-23)27(35)31-29-25(33)19-13-5-3-4-6-14-20-26(34)30-32-28(36)22(2)38-24-17-11-8-12-18-24/h7-12,15-18,21-22H,3-6,13-14,19-20H2,1-2H3,(H,29,33)(H,30,34)(H,31,35)(H,32,36). The van der Waals surface area contributed by atoms with Crippen LogP contribution in [-0.2, 0) is 19.2 Å². The van der Waals surface area contributed by atoms with Gasteiger partial charge in [-0.1, -0.05) is 62.1 Å². The van der Waals surface area contributed by atoms with Gasteiger partial charge in [-0.3, -0.25) is 40.9 Å². The highest BCUT2D eigenvalue weighted by Gasteiger charge is 2.16. The number of unbranched alkanes of at least 4 members (excludes halogenated alkanes) is 5. The number of benzene rings is 2. The zero-order valence-electron chi connectivity index (χ0n) is 22.0. The summed E-state index contributed by atoms with van der Waals surface area (Å²) in [6.45, 7) is 3.22. The molecule has 2 aromatic rings. The molecule has 10 nitrogen and oxygen atoms in total. The molecule has 0 aliphatic carbocycles. The number of rotatable bonds is 15. The largest absolute Gasteiger partial charge is 0.481 e. The van der Waals surface area contributed by atoms with E-state index in [1.54, 1.807) is 38.1 Å². The molecule has 0 radical (unpaired) electrons. The van der Waals surface area contributed by atoms with E-state index in [4.69, 9.17) is 9.47 Å². The van der Waals surface area contributed by atoms with E-state index in [9.17, 15) is 19.2 Å². The normalized spacial score (nSPS) is 11.9. The third-order valence-corrected chi connectivity index (χ3v) is 5.56. The van der Waals surface area contributed by atoms with Crippen molar-refractivity contribution in [2.24, 2.45) is 0 Å². The molecule has 2 rings (SSSR count). The zero-order chi connectivity index (χ0) is 27.6. The molecule has 10 heteroatoms. The Morgan fingerprint density at radius 2 is 0.895 bits per heavy atom. The molecule has 0 spiro atoms. The third-order valence-electron chi connectivity index (χ3n) is 5.56. The minimum Gasteiger partial charge on any atom is -0.481 e. The monoisotopic (exact) mass is 526 g/mol. The fourth-order valence-electron chi connectivity index (χ4n) is 3.38. The summed E-state index contributed by atoms with van der Waals surface area (Å²) in [6.07, 6.45) is 4.16. The Hall–Kier alpha value is -4.08. The second-order valence-electron chi connectivity index (χ2n) is 8.84. The first-order valence-corrected chi connectivity index (χ1v) is 13.0. The molecule has 2 atom stereocenters. The van der Waals surface area contributed by atoms with Gasteiger partial charge in [0.1, 0.15) is 11.5 Å². The van der Waals surface area contributed by atoms with Crippen molar-refractivity contribution >= 4 is 23.6 Å². The van der Waals surface area contributed by atoms with Crippen LogP contribution in [0.5, 0.6) is 11.5 Å². The fourth-order valence-corrected chi connectivity index (χ4v) is 3.38. The van der Waals surface area contributed by atoms with Gasteiger partial charge >= 0.3 is 0 Å². The lowest BCUT2D eigenvalue weighted by atomic mass is 10.1. The van der Waals surface area contributed by atoms with Crippen LogP contribution >= 0.6 is 0 Å². The van der Waals surface area contributed by atoms with E-state index in [-0.39, 0.29) is 11.8 Å². The van der Waals surface area contributed by atoms with Crippen molar-refractivity contribution in [1.29, 1.82) is 0 Å². The van der Waals surface area contributed by atoms with Crippen molar-refractivity contribution in [3.05, 3.63) is 60.7 Å². The van der Waals surface area contributed by atoms with Crippen molar-refractivity contribution in [2.45, 2.75) is 77.4 Å². The number of carbonyl (C=O) groups excluding carboxylic acids is 4. The third kappa shape index (κ3) is 12.8. The van der Waals surface area contributed by atoms with E-state index in [0.717, 1.165) is 25.7 Å². The minimum absolute atomic E-state index is 0.257. The lowest BCUT2D eigenvalue weighted by Crippen LogP contribution is -2.47. The SMILES string of the molecule is CC(Oc1ccccc1)C(=O)NNC(=O)CCCCCCCCC(=O)NNC(=O)C(C)Oc1ccccc1. The second-order valence-corrected chi connectivity index (χ2v) is 8.84. The number of amides is 4. The number of para-hydroxylation sites is 2. The van der Waals surface area contributed by atoms with E-state index >= 15 is 0 Å². The number of hydrogen-bond acceptors (Lipinski definition) is 6. The Kier molecular flexibility index (Phi) is 13.8. The molecule has 4 N–H and O–H groups in total. The summed E-state index contributed by atoms with van der Waals surface area (Å²) in [5.74, 6) is -0.220. The van der Waals surface area contributed by atoms with Gasteiger partial charge in [0.2, 0.25) is 11.8 Å². The molecule has 2 aromatic carbocycles. The van der Waals surface area contributed by atoms with Gasteiger partial charge in [-0.05, 0) is 51.0 Å². The highest BCUT2D eigenvalue weighted by Crippen LogP contribution is 2.12. The second kappa shape index (κ2) is 17.4. The summed E-state index contributed by atoms with van der Waals surface area (Å²) in [5, 5.41) is 0. The van der Waals surface area contributed by atoms with Gasteiger partial charge in [0.25, 0.3) is 11.8 Å². The van der Waals surface area contributed by atoms with Crippen molar-refractivity contribution in [3.8, 4) is 11.5 Å². The molecule has 2 unspecified atom stereocenters. The molecule has 0 aliphatic rings. The first-order valence-electron chi connectivity index (χ1n) is 13.0. The van der Waals surface area contributed by atoms with Gasteiger partial charge in [-0.15, -0.1) is 0 Å². The Balaban J connectivity index is 1.43. The van der Waals surface area contributed by atoms with Gasteiger partial charge in [0, 0.05) is 12.8 Å². The van der Waals surface area contributed by atoms with Crippen LogP contribution in [0.2, 0.25) is 0 Å². The number of carbonyl (C=O) groups is 4. The molecule has 0 aliphatic heterocycles. The molecule has 0 aromatic heterocycles. The average Bonchev–Trinajstić information content (AvgIpc) is 2.92. The fraction of sp³-hybridized carbons (Fsp3) is 0.429. The number of hydrogen-bond donors (Lipinski definition) is 4. The molecular weight excluding hydrogens is 488 g/mol. The number of ether oxygens (including phenoxy) is 2. The predicted molar refractivity (Wildman–Crippen MR) is 143 cm³/mol. The maximum atomic E-state index is 12.0. The molecule has 0 heterocycles. The summed E-state index contributed by atoms with van der Waals surface area (Å²) in [4.78, 5) is 48.0. The Morgan fingerprint density at radius 3 is 1.26 bits per heavy atom. The highest BCUT2D eigenvalue weighted by molar-refractivity contribution is 5.85. The first kappa shape index (κ1) is 30.1. The van der Waals surface area contributed by atoms with Gasteiger partial charge in [-0.25, -0.2) is 0 Å². The van der Waals surface area contributed by atoms with Crippen LogP contribution in [0.3, 0.4) is 0 Å². The van der Waals surface area contributed by atoms with Gasteiger partial charge in [0.05, 0.1) is 0 Å². The number of hydrazine groups is 2. The minimum atomic E-state index is -0.742. The van der Waals surface area contributed by atoms with E-state index in [0.29, 0.717) is 37.2 Å². The van der Waals surface area contributed by atoms with Crippen molar-refractivity contribution in [2.75, 3.05) is 0 Å². The molecule has 0 fully saturated rings. The van der Waals surface area contributed by atoms with E-state index in [1.165, 1.54) is 0 Å². The zero-order valence-corrected chi connectivity index (χ0v) is 22.0. The van der Waals surface area contributed by atoms with E-state index in [2.05, 4.69) is 21.7 Å². The summed E-state index contributed by atoms with van der Waals surface area (Å²) in [5.41, 5.74) is 9.58. The highest BCUT2D eigenvalue weighted by atomic mass is 16.5. The molecule has 0 saturated carbocycles. The molecule has 4 amide bonds. The van der Waals surface area contributed by atoms with Crippen LogP contribution in [0, 0.1) is 0 Å². The maximum absolute atomic E-state index is 12.0. The number of nitrogens with one attached hydrogen (secondary N) is 4. The lowest BCUT2D eigenvalue weighted by Gasteiger charge is -2.15. The van der Waals surface area contributed by atoms with Crippen LogP contribution in [0.1, 0.15) is 65.2 Å². The van der Waals surface area contributed by atoms with Crippen LogP contribution in [-0.4, -0.2) is 35.8 Å². The van der Waals surface area contributed by atoms with Crippen molar-refractivity contribution in [1.82, 2.24) is 21.7 Å². The summed E-state index contributed by atoms with van der Waals surface area (Å²) < 4.78 is 11.0. The van der Waals surface area contributed by atoms with Gasteiger partial charge in [-0.2, -0.15) is 0 Å². The van der Waals surface area contributed by atoms with Gasteiger partial charge < -0.3 is 9.47 Å². The van der Waals surface area contributed by atoms with Crippen molar-refractivity contribution < 1.29 is 28.7 Å². The lowest BCUT2D eigenvalue weighted by molar-refractivity contribution is -0.132. The molecular formula is C28H38N4O6. The van der Waals surface area contributed by atoms with Gasteiger partial charge in [0.15, 0.2) is 12.2 Å². The molecule has 206 valence electrons. The molecule has 0 saturated heterocycles. The Bertz CT molecular complexity index is 921. The Labute approximate surface area is 223 Å². The topological polar surface area (TPSA) is 135 Å². The predicted octanol–water partition coefficient (Wildman–Crippen LogP) is 3.34. The smallest absolute Gasteiger partial charge is 0.279 e. The van der Waals surface area contributed by atoms with Crippen molar-refractivity contribution in [3.63, 3.8) is 0 Å². The van der Waals surface area contributed by atoms with E-state index in [1.807, 2.05) is 36.4 Å². The average molecular weight is 527 g/mol. The quantitative estimate of drug-likeness (QED) is 0.208. The summed E-state index contributed by atoms with van der Waals surface area (Å²) in [7, 11) is 0. The summed E-state index contributed by atoms with van der Waals surface area (Å²) >= 11 is 0. The maximum Gasteiger partial charge on any atom is 0.279 e. The van der Waals surface area contributed by atoms with Crippen LogP contribution < -0.4 is 31.2 Å². The molecule has 38 heavy (non-hydrogen) atoms.